The van der Waals surface area contributed by atoms with E-state index in [0.717, 1.165) is 43.7 Å². The van der Waals surface area contributed by atoms with Crippen LogP contribution in [0.2, 0.25) is 0 Å². The summed E-state index contributed by atoms with van der Waals surface area (Å²) in [6.07, 6.45) is 2.05. The van der Waals surface area contributed by atoms with Crippen LogP contribution in [-0.2, 0) is 13.0 Å². The molecule has 1 fully saturated rings. The van der Waals surface area contributed by atoms with Crippen LogP contribution in [0.4, 0.5) is 0 Å². The molecular formula is C19H22N2O3. The maximum absolute atomic E-state index is 11.1. The lowest BCUT2D eigenvalue weighted by atomic mass is 9.97. The zero-order valence-electron chi connectivity index (χ0n) is 13.8. The third-order valence-electron chi connectivity index (χ3n) is 4.44. The maximum atomic E-state index is 11.1. The normalized spacial score (nSPS) is 17.8. The molecule has 1 aliphatic rings. The molecule has 24 heavy (non-hydrogen) atoms. The molecule has 1 unspecified atom stereocenters. The van der Waals surface area contributed by atoms with Gasteiger partial charge in [-0.1, -0.05) is 18.2 Å². The van der Waals surface area contributed by atoms with Crippen molar-refractivity contribution in [3.63, 3.8) is 0 Å². The van der Waals surface area contributed by atoms with Gasteiger partial charge < -0.3 is 9.84 Å². The number of benzene rings is 1. The summed E-state index contributed by atoms with van der Waals surface area (Å²) in [4.78, 5) is 17.9. The Kier molecular flexibility index (Phi) is 5.11. The Morgan fingerprint density at radius 2 is 2.17 bits per heavy atom. The van der Waals surface area contributed by atoms with E-state index < -0.39 is 5.97 Å². The number of hydrogen-bond donors (Lipinski definition) is 1. The van der Waals surface area contributed by atoms with Crippen LogP contribution in [0, 0.1) is 5.92 Å². The monoisotopic (exact) mass is 326 g/mol. The average Bonchev–Trinajstić information content (AvgIpc) is 3.02. The van der Waals surface area contributed by atoms with Crippen LogP contribution in [0.25, 0.3) is 0 Å². The molecule has 1 saturated heterocycles. The molecule has 0 radical (unpaired) electrons. The van der Waals surface area contributed by atoms with Crippen molar-refractivity contribution in [1.82, 2.24) is 9.88 Å². The summed E-state index contributed by atoms with van der Waals surface area (Å²) in [5.74, 6) is 0.336. The first kappa shape index (κ1) is 16.5. The number of pyridine rings is 1. The molecule has 0 aliphatic carbocycles. The zero-order valence-corrected chi connectivity index (χ0v) is 13.8. The van der Waals surface area contributed by atoms with Gasteiger partial charge in [-0.05, 0) is 49.1 Å². The van der Waals surface area contributed by atoms with Crippen LogP contribution in [0.1, 0.15) is 28.0 Å². The van der Waals surface area contributed by atoms with Crippen molar-refractivity contribution < 1.29 is 14.6 Å². The van der Waals surface area contributed by atoms with E-state index in [2.05, 4.69) is 9.88 Å². The second kappa shape index (κ2) is 7.45. The van der Waals surface area contributed by atoms with Crippen LogP contribution in [-0.4, -0.2) is 41.2 Å². The average molecular weight is 326 g/mol. The Morgan fingerprint density at radius 1 is 1.33 bits per heavy atom. The summed E-state index contributed by atoms with van der Waals surface area (Å²) < 4.78 is 5.17. The van der Waals surface area contributed by atoms with Crippen molar-refractivity contribution in [2.24, 2.45) is 5.92 Å². The third kappa shape index (κ3) is 4.11. The highest BCUT2D eigenvalue weighted by Gasteiger charge is 2.23. The van der Waals surface area contributed by atoms with Gasteiger partial charge in [0.1, 0.15) is 0 Å². The van der Waals surface area contributed by atoms with E-state index in [1.807, 2.05) is 30.3 Å². The van der Waals surface area contributed by atoms with Crippen molar-refractivity contribution in [2.45, 2.75) is 19.4 Å². The second-order valence-electron chi connectivity index (χ2n) is 6.27. The minimum absolute atomic E-state index is 0.364. The molecule has 0 bridgehead atoms. The number of carboxylic acids is 1. The molecule has 3 rings (SSSR count). The van der Waals surface area contributed by atoms with Crippen molar-refractivity contribution in [2.75, 3.05) is 20.2 Å². The summed E-state index contributed by atoms with van der Waals surface area (Å²) in [7, 11) is 1.63. The standard InChI is InChI=1S/C19H22N2O3/c1-24-18-7-3-6-17(20-18)13-21-9-8-15(12-21)10-14-4-2-5-16(11-14)19(22)23/h2-7,11,15H,8-10,12-13H2,1H3,(H,22,23). The highest BCUT2D eigenvalue weighted by atomic mass is 16.5. The summed E-state index contributed by atoms with van der Waals surface area (Å²) in [6.45, 7) is 2.88. The fourth-order valence-corrected chi connectivity index (χ4v) is 3.28. The SMILES string of the molecule is COc1cccc(CN2CCC(Cc3cccc(C(=O)O)c3)C2)n1. The quantitative estimate of drug-likeness (QED) is 0.884. The lowest BCUT2D eigenvalue weighted by molar-refractivity contribution is 0.0696. The van der Waals surface area contributed by atoms with Gasteiger partial charge in [-0.2, -0.15) is 0 Å². The fourth-order valence-electron chi connectivity index (χ4n) is 3.28. The van der Waals surface area contributed by atoms with E-state index >= 15 is 0 Å². The van der Waals surface area contributed by atoms with E-state index in [1.165, 1.54) is 0 Å². The number of aromatic carboxylic acids is 1. The van der Waals surface area contributed by atoms with Gasteiger partial charge in [0.05, 0.1) is 18.4 Å². The topological polar surface area (TPSA) is 62.7 Å². The number of carbonyl (C=O) groups is 1. The minimum atomic E-state index is -0.867. The van der Waals surface area contributed by atoms with Crippen molar-refractivity contribution in [1.29, 1.82) is 0 Å². The van der Waals surface area contributed by atoms with Gasteiger partial charge in [-0.15, -0.1) is 0 Å². The van der Waals surface area contributed by atoms with Gasteiger partial charge in [0.25, 0.3) is 0 Å². The first-order valence-corrected chi connectivity index (χ1v) is 8.18. The van der Waals surface area contributed by atoms with Crippen LogP contribution in [0.5, 0.6) is 5.88 Å². The first-order valence-electron chi connectivity index (χ1n) is 8.18. The molecule has 1 atom stereocenters. The number of rotatable bonds is 6. The number of likely N-dealkylation sites (tertiary alicyclic amines) is 1. The highest BCUT2D eigenvalue weighted by molar-refractivity contribution is 5.87. The van der Waals surface area contributed by atoms with Gasteiger partial charge in [-0.3, -0.25) is 4.90 Å². The Hall–Kier alpha value is -2.40. The number of methoxy groups -OCH3 is 1. The third-order valence-corrected chi connectivity index (χ3v) is 4.44. The summed E-state index contributed by atoms with van der Waals surface area (Å²) in [6, 6.07) is 13.1. The molecule has 126 valence electrons. The first-order chi connectivity index (χ1) is 11.6. The highest BCUT2D eigenvalue weighted by Crippen LogP contribution is 2.23. The summed E-state index contributed by atoms with van der Waals surface area (Å²) in [5.41, 5.74) is 2.48. The molecule has 5 heteroatoms. The van der Waals surface area contributed by atoms with E-state index in [0.29, 0.717) is 17.4 Å². The van der Waals surface area contributed by atoms with Gasteiger partial charge in [0, 0.05) is 19.2 Å². The van der Waals surface area contributed by atoms with Crippen LogP contribution >= 0.6 is 0 Å². The molecule has 1 aromatic heterocycles. The van der Waals surface area contributed by atoms with Crippen LogP contribution in [0.15, 0.2) is 42.5 Å². The van der Waals surface area contributed by atoms with Crippen molar-refractivity contribution in [3.05, 3.63) is 59.3 Å². The number of ether oxygens (including phenoxy) is 1. The molecule has 5 nitrogen and oxygen atoms in total. The predicted molar refractivity (Wildman–Crippen MR) is 91.3 cm³/mol. The number of nitrogens with zero attached hydrogens (tertiary/aromatic N) is 2. The Morgan fingerprint density at radius 3 is 2.96 bits per heavy atom. The smallest absolute Gasteiger partial charge is 0.335 e. The van der Waals surface area contributed by atoms with E-state index in [9.17, 15) is 4.79 Å². The Bertz CT molecular complexity index is 717. The molecular weight excluding hydrogens is 304 g/mol. The van der Waals surface area contributed by atoms with Crippen LogP contribution < -0.4 is 4.74 Å². The van der Waals surface area contributed by atoms with Gasteiger partial charge >= 0.3 is 5.97 Å². The van der Waals surface area contributed by atoms with Crippen molar-refractivity contribution in [3.8, 4) is 5.88 Å². The van der Waals surface area contributed by atoms with E-state index in [1.54, 1.807) is 19.2 Å². The number of carboxylic acid groups (broad SMARTS) is 1. The molecule has 0 amide bonds. The predicted octanol–water partition coefficient (Wildman–Crippen LogP) is 2.85. The molecule has 1 N–H and O–H groups in total. The minimum Gasteiger partial charge on any atom is -0.481 e. The number of hydrogen-bond acceptors (Lipinski definition) is 4. The molecule has 1 aromatic carbocycles. The molecule has 0 spiro atoms. The van der Waals surface area contributed by atoms with E-state index in [-0.39, 0.29) is 0 Å². The largest absolute Gasteiger partial charge is 0.481 e. The maximum Gasteiger partial charge on any atom is 0.335 e. The Labute approximate surface area is 141 Å². The molecule has 2 heterocycles. The lowest BCUT2D eigenvalue weighted by Gasteiger charge is -2.16. The second-order valence-corrected chi connectivity index (χ2v) is 6.27. The Balaban J connectivity index is 1.57. The van der Waals surface area contributed by atoms with Gasteiger partial charge in [0.15, 0.2) is 0 Å². The lowest BCUT2D eigenvalue weighted by Crippen LogP contribution is -2.21. The fraction of sp³-hybridized carbons (Fsp3) is 0.368. The molecule has 0 saturated carbocycles. The molecule has 2 aromatic rings. The van der Waals surface area contributed by atoms with Crippen LogP contribution in [0.3, 0.4) is 0 Å². The van der Waals surface area contributed by atoms with Gasteiger partial charge in [-0.25, -0.2) is 9.78 Å². The number of aromatic nitrogens is 1. The summed E-state index contributed by atoms with van der Waals surface area (Å²) >= 11 is 0. The van der Waals surface area contributed by atoms with Gasteiger partial charge in [0.2, 0.25) is 5.88 Å². The summed E-state index contributed by atoms with van der Waals surface area (Å²) in [5, 5.41) is 9.09. The van der Waals surface area contributed by atoms with Crippen molar-refractivity contribution >= 4 is 5.97 Å². The van der Waals surface area contributed by atoms with E-state index in [4.69, 9.17) is 9.84 Å². The zero-order chi connectivity index (χ0) is 16.9. The molecule has 1 aliphatic heterocycles.